The lowest BCUT2D eigenvalue weighted by atomic mass is 10.1. The molecular formula is C9H12N4. The van der Waals surface area contributed by atoms with E-state index >= 15 is 0 Å². The van der Waals surface area contributed by atoms with Crippen molar-refractivity contribution >= 4 is 11.6 Å². The lowest BCUT2D eigenvalue weighted by Gasteiger charge is -2.03. The van der Waals surface area contributed by atoms with E-state index < -0.39 is 0 Å². The molecule has 68 valence electrons. The fourth-order valence-electron chi connectivity index (χ4n) is 1.26. The third-order valence-electron chi connectivity index (χ3n) is 2.04. The van der Waals surface area contributed by atoms with E-state index in [9.17, 15) is 0 Å². The Bertz CT molecular complexity index is 430. The van der Waals surface area contributed by atoms with E-state index in [2.05, 4.69) is 23.9 Å². The van der Waals surface area contributed by atoms with Gasteiger partial charge >= 0.3 is 0 Å². The second-order valence-electron chi connectivity index (χ2n) is 3.39. The van der Waals surface area contributed by atoms with E-state index in [-0.39, 0.29) is 0 Å². The van der Waals surface area contributed by atoms with Crippen molar-refractivity contribution in [1.29, 1.82) is 0 Å². The highest BCUT2D eigenvalue weighted by Gasteiger charge is 2.03. The monoisotopic (exact) mass is 176 g/mol. The van der Waals surface area contributed by atoms with E-state index in [1.165, 1.54) is 5.56 Å². The van der Waals surface area contributed by atoms with Crippen molar-refractivity contribution in [2.75, 3.05) is 5.73 Å². The molecule has 0 spiro atoms. The van der Waals surface area contributed by atoms with Crippen molar-refractivity contribution < 1.29 is 0 Å². The standard InChI is InChI=1S/C9H12N4/c1-6(2)7-3-4-8-11-9(10)12-13(8)5-7/h3-6H,1-2H3,(H2,10,12). The summed E-state index contributed by atoms with van der Waals surface area (Å²) in [7, 11) is 0. The van der Waals surface area contributed by atoms with Gasteiger partial charge < -0.3 is 5.73 Å². The van der Waals surface area contributed by atoms with Crippen LogP contribution < -0.4 is 5.73 Å². The summed E-state index contributed by atoms with van der Waals surface area (Å²) in [5, 5.41) is 4.04. The minimum atomic E-state index is 0.320. The van der Waals surface area contributed by atoms with E-state index in [1.54, 1.807) is 4.52 Å². The summed E-state index contributed by atoms with van der Waals surface area (Å²) in [6.07, 6.45) is 1.96. The van der Waals surface area contributed by atoms with Crippen LogP contribution in [0.2, 0.25) is 0 Å². The SMILES string of the molecule is CC(C)c1ccc2nc(N)nn2c1. The average molecular weight is 176 g/mol. The van der Waals surface area contributed by atoms with Crippen LogP contribution in [0.15, 0.2) is 18.3 Å². The molecule has 2 rings (SSSR count). The van der Waals surface area contributed by atoms with Gasteiger partial charge in [0, 0.05) is 6.20 Å². The molecule has 0 bridgehead atoms. The zero-order chi connectivity index (χ0) is 9.42. The topological polar surface area (TPSA) is 56.2 Å². The number of hydrogen-bond acceptors (Lipinski definition) is 3. The smallest absolute Gasteiger partial charge is 0.240 e. The van der Waals surface area contributed by atoms with Crippen molar-refractivity contribution in [2.24, 2.45) is 0 Å². The predicted molar refractivity (Wildman–Crippen MR) is 51.5 cm³/mol. The first-order chi connectivity index (χ1) is 6.16. The molecule has 0 aliphatic heterocycles. The molecule has 0 unspecified atom stereocenters. The van der Waals surface area contributed by atoms with Crippen molar-refractivity contribution in [3.05, 3.63) is 23.9 Å². The Balaban J connectivity index is 2.61. The number of pyridine rings is 1. The van der Waals surface area contributed by atoms with Gasteiger partial charge in [-0.3, -0.25) is 0 Å². The Morgan fingerprint density at radius 1 is 1.38 bits per heavy atom. The Hall–Kier alpha value is -1.58. The summed E-state index contributed by atoms with van der Waals surface area (Å²) < 4.78 is 1.71. The molecule has 0 fully saturated rings. The van der Waals surface area contributed by atoms with Crippen LogP contribution in [0.25, 0.3) is 5.65 Å². The third-order valence-corrected chi connectivity index (χ3v) is 2.04. The van der Waals surface area contributed by atoms with Gasteiger partial charge in [-0.1, -0.05) is 19.9 Å². The number of nitrogen functional groups attached to an aromatic ring is 1. The Kier molecular flexibility index (Phi) is 1.69. The highest BCUT2D eigenvalue weighted by Crippen LogP contribution is 2.14. The average Bonchev–Trinajstić information content (AvgIpc) is 2.42. The maximum Gasteiger partial charge on any atom is 0.240 e. The molecule has 0 aliphatic carbocycles. The molecule has 0 aliphatic rings. The summed E-state index contributed by atoms with van der Waals surface area (Å²) in [6, 6.07) is 3.98. The lowest BCUT2D eigenvalue weighted by molar-refractivity contribution is 0.836. The first-order valence-corrected chi connectivity index (χ1v) is 4.28. The van der Waals surface area contributed by atoms with Gasteiger partial charge in [-0.05, 0) is 17.5 Å². The molecule has 2 aromatic heterocycles. The number of anilines is 1. The quantitative estimate of drug-likeness (QED) is 0.715. The van der Waals surface area contributed by atoms with E-state index in [4.69, 9.17) is 5.73 Å². The van der Waals surface area contributed by atoms with Gasteiger partial charge in [-0.2, -0.15) is 4.98 Å². The third kappa shape index (κ3) is 1.35. The van der Waals surface area contributed by atoms with Gasteiger partial charge in [0.15, 0.2) is 5.65 Å². The van der Waals surface area contributed by atoms with Gasteiger partial charge in [0.2, 0.25) is 5.95 Å². The Morgan fingerprint density at radius 2 is 2.15 bits per heavy atom. The van der Waals surface area contributed by atoms with Crippen LogP contribution in [0.4, 0.5) is 5.95 Å². The largest absolute Gasteiger partial charge is 0.366 e. The second-order valence-corrected chi connectivity index (χ2v) is 3.39. The maximum absolute atomic E-state index is 5.47. The molecule has 4 heteroatoms. The summed E-state index contributed by atoms with van der Waals surface area (Å²) >= 11 is 0. The summed E-state index contributed by atoms with van der Waals surface area (Å²) in [5.74, 6) is 0.815. The molecule has 2 N–H and O–H groups in total. The fraction of sp³-hybridized carbons (Fsp3) is 0.333. The fourth-order valence-corrected chi connectivity index (χ4v) is 1.26. The number of fused-ring (bicyclic) bond motifs is 1. The molecular weight excluding hydrogens is 164 g/mol. The number of aromatic nitrogens is 3. The van der Waals surface area contributed by atoms with E-state index in [1.807, 2.05) is 18.3 Å². The summed E-state index contributed by atoms with van der Waals surface area (Å²) in [4.78, 5) is 4.04. The first kappa shape index (κ1) is 8.04. The van der Waals surface area contributed by atoms with Crippen LogP contribution in [0, 0.1) is 0 Å². The normalized spacial score (nSPS) is 11.3. The maximum atomic E-state index is 5.47. The van der Waals surface area contributed by atoms with Crippen molar-refractivity contribution in [1.82, 2.24) is 14.6 Å². The zero-order valence-electron chi connectivity index (χ0n) is 7.73. The lowest BCUT2D eigenvalue weighted by Crippen LogP contribution is -1.93. The van der Waals surface area contributed by atoms with Crippen LogP contribution in [-0.2, 0) is 0 Å². The van der Waals surface area contributed by atoms with Gasteiger partial charge in [-0.15, -0.1) is 5.10 Å². The molecule has 4 nitrogen and oxygen atoms in total. The summed E-state index contributed by atoms with van der Waals surface area (Å²) in [5.41, 5.74) is 7.50. The molecule has 0 saturated heterocycles. The highest BCUT2D eigenvalue weighted by atomic mass is 15.3. The van der Waals surface area contributed by atoms with Crippen LogP contribution in [0.3, 0.4) is 0 Å². The molecule has 0 aromatic carbocycles. The summed E-state index contributed by atoms with van der Waals surface area (Å²) in [6.45, 7) is 4.28. The molecule has 2 heterocycles. The Morgan fingerprint density at radius 3 is 2.85 bits per heavy atom. The molecule has 0 radical (unpaired) electrons. The predicted octanol–water partition coefficient (Wildman–Crippen LogP) is 1.43. The Labute approximate surface area is 76.4 Å². The van der Waals surface area contributed by atoms with Crippen LogP contribution in [-0.4, -0.2) is 14.6 Å². The second kappa shape index (κ2) is 2.73. The van der Waals surface area contributed by atoms with Crippen molar-refractivity contribution in [3.8, 4) is 0 Å². The number of hydrogen-bond donors (Lipinski definition) is 1. The minimum Gasteiger partial charge on any atom is -0.366 e. The number of nitrogens with two attached hydrogens (primary N) is 1. The zero-order valence-corrected chi connectivity index (χ0v) is 7.73. The molecule has 0 saturated carbocycles. The van der Waals surface area contributed by atoms with Crippen molar-refractivity contribution in [3.63, 3.8) is 0 Å². The van der Waals surface area contributed by atoms with E-state index in [0.717, 1.165) is 5.65 Å². The van der Waals surface area contributed by atoms with Gasteiger partial charge in [-0.25, -0.2) is 4.52 Å². The number of rotatable bonds is 1. The number of nitrogens with zero attached hydrogens (tertiary/aromatic N) is 3. The molecule has 13 heavy (non-hydrogen) atoms. The first-order valence-electron chi connectivity index (χ1n) is 4.28. The minimum absolute atomic E-state index is 0.320. The van der Waals surface area contributed by atoms with Crippen LogP contribution >= 0.6 is 0 Å². The molecule has 0 atom stereocenters. The molecule has 0 amide bonds. The van der Waals surface area contributed by atoms with Crippen LogP contribution in [0.1, 0.15) is 25.3 Å². The van der Waals surface area contributed by atoms with Crippen molar-refractivity contribution in [2.45, 2.75) is 19.8 Å². The van der Waals surface area contributed by atoms with Crippen LogP contribution in [0.5, 0.6) is 0 Å². The van der Waals surface area contributed by atoms with Gasteiger partial charge in [0.05, 0.1) is 0 Å². The molecule has 2 aromatic rings. The highest BCUT2D eigenvalue weighted by molar-refractivity contribution is 5.42. The van der Waals surface area contributed by atoms with Gasteiger partial charge in [0.25, 0.3) is 0 Å². The van der Waals surface area contributed by atoms with Gasteiger partial charge in [0.1, 0.15) is 0 Å². The van der Waals surface area contributed by atoms with E-state index in [0.29, 0.717) is 11.9 Å².